The molecule has 0 aliphatic carbocycles. The number of aryl methyl sites for hydroxylation is 1. The van der Waals surface area contributed by atoms with Crippen molar-refractivity contribution in [1.29, 1.82) is 0 Å². The van der Waals surface area contributed by atoms with Gasteiger partial charge in [0.15, 0.2) is 4.96 Å². The van der Waals surface area contributed by atoms with Crippen LogP contribution in [0.4, 0.5) is 5.69 Å². The summed E-state index contributed by atoms with van der Waals surface area (Å²) in [4.78, 5) is 20.2. The summed E-state index contributed by atoms with van der Waals surface area (Å²) in [6.45, 7) is 6.35. The molecule has 6 nitrogen and oxygen atoms in total. The van der Waals surface area contributed by atoms with E-state index in [1.165, 1.54) is 17.0 Å². The summed E-state index contributed by atoms with van der Waals surface area (Å²) < 4.78 is 7.18. The minimum Gasteiger partial charge on any atom is -0.380 e. The average molecular weight is 368 g/mol. The molecule has 1 aromatic carbocycles. The maximum Gasteiger partial charge on any atom is 0.270 e. The number of fused-ring (bicyclic) bond motifs is 1. The molecule has 2 aromatic heterocycles. The van der Waals surface area contributed by atoms with Crippen molar-refractivity contribution in [2.75, 3.05) is 31.2 Å². The molecule has 0 unspecified atom stereocenters. The molecule has 3 aromatic rings. The topological polar surface area (TPSA) is 58.9 Å². The van der Waals surface area contributed by atoms with Crippen molar-refractivity contribution >= 4 is 27.9 Å². The van der Waals surface area contributed by atoms with Crippen molar-refractivity contribution in [3.8, 4) is 0 Å². The molecule has 26 heavy (non-hydrogen) atoms. The standard InChI is InChI=1S/C19H20N4O2S/c1-13-16(23-6-7-26-18(23)21-13)17(24)20-8-14-2-4-15(5-3-14)22-9-19(10-22)11-25-12-19/h2-7H,8-12H2,1H3,(H,20,24). The summed E-state index contributed by atoms with van der Waals surface area (Å²) in [5.41, 5.74) is 4.13. The first kappa shape index (κ1) is 15.8. The molecule has 0 atom stereocenters. The first-order valence-corrected chi connectivity index (χ1v) is 9.64. The van der Waals surface area contributed by atoms with Gasteiger partial charge in [-0.05, 0) is 24.6 Å². The third kappa shape index (κ3) is 2.50. The Morgan fingerprint density at radius 1 is 1.31 bits per heavy atom. The van der Waals surface area contributed by atoms with Crippen molar-refractivity contribution in [3.63, 3.8) is 0 Å². The van der Waals surface area contributed by atoms with Gasteiger partial charge in [0.2, 0.25) is 0 Å². The van der Waals surface area contributed by atoms with E-state index in [4.69, 9.17) is 4.74 Å². The summed E-state index contributed by atoms with van der Waals surface area (Å²) in [6.07, 6.45) is 1.89. The first-order valence-electron chi connectivity index (χ1n) is 8.76. The van der Waals surface area contributed by atoms with Gasteiger partial charge in [-0.25, -0.2) is 4.98 Å². The molecule has 1 spiro atoms. The SMILES string of the molecule is Cc1nc2sccn2c1C(=O)NCc1ccc(N2CC3(COC3)C2)cc1. The monoisotopic (exact) mass is 368 g/mol. The lowest BCUT2D eigenvalue weighted by Gasteiger charge is -2.56. The van der Waals surface area contributed by atoms with E-state index in [1.54, 1.807) is 0 Å². The lowest BCUT2D eigenvalue weighted by molar-refractivity contribution is -0.127. The molecule has 2 aliphatic rings. The molecule has 2 aliphatic heterocycles. The van der Waals surface area contributed by atoms with Crippen molar-refractivity contribution in [2.24, 2.45) is 5.41 Å². The van der Waals surface area contributed by atoms with Gasteiger partial charge >= 0.3 is 0 Å². The maximum absolute atomic E-state index is 12.6. The predicted octanol–water partition coefficient (Wildman–Crippen LogP) is 2.47. The van der Waals surface area contributed by atoms with Crippen LogP contribution in [-0.2, 0) is 11.3 Å². The lowest BCUT2D eigenvalue weighted by atomic mass is 9.78. The van der Waals surface area contributed by atoms with Crippen LogP contribution in [0.25, 0.3) is 4.96 Å². The van der Waals surface area contributed by atoms with Crippen LogP contribution in [0.2, 0.25) is 0 Å². The molecule has 0 saturated carbocycles. The fourth-order valence-electron chi connectivity index (χ4n) is 3.78. The van der Waals surface area contributed by atoms with Crippen LogP contribution in [0, 0.1) is 12.3 Å². The summed E-state index contributed by atoms with van der Waals surface area (Å²) in [5.74, 6) is -0.0906. The summed E-state index contributed by atoms with van der Waals surface area (Å²) in [5, 5.41) is 4.94. The number of carbonyl (C=O) groups is 1. The molecule has 1 amide bonds. The number of ether oxygens (including phenoxy) is 1. The second-order valence-corrected chi connectivity index (χ2v) is 8.17. The number of hydrogen-bond donors (Lipinski definition) is 1. The molecule has 2 fully saturated rings. The molecular weight excluding hydrogens is 348 g/mol. The molecule has 0 radical (unpaired) electrons. The Hall–Kier alpha value is -2.38. The van der Waals surface area contributed by atoms with Crippen LogP contribution in [0.15, 0.2) is 35.8 Å². The number of aromatic nitrogens is 2. The zero-order valence-electron chi connectivity index (χ0n) is 14.6. The van der Waals surface area contributed by atoms with Gasteiger partial charge in [-0.3, -0.25) is 9.20 Å². The van der Waals surface area contributed by atoms with Crippen LogP contribution in [-0.4, -0.2) is 41.6 Å². The van der Waals surface area contributed by atoms with E-state index in [0.717, 1.165) is 42.5 Å². The Morgan fingerprint density at radius 2 is 2.08 bits per heavy atom. The smallest absolute Gasteiger partial charge is 0.270 e. The zero-order valence-corrected chi connectivity index (χ0v) is 15.4. The van der Waals surface area contributed by atoms with E-state index in [-0.39, 0.29) is 5.91 Å². The number of imidazole rings is 1. The van der Waals surface area contributed by atoms with E-state index >= 15 is 0 Å². The Balaban J connectivity index is 1.22. The molecule has 5 rings (SSSR count). The van der Waals surface area contributed by atoms with Crippen LogP contribution < -0.4 is 10.2 Å². The van der Waals surface area contributed by atoms with Crippen molar-refractivity contribution < 1.29 is 9.53 Å². The molecule has 4 heterocycles. The lowest BCUT2D eigenvalue weighted by Crippen LogP contribution is -2.66. The number of thiazole rings is 1. The second kappa shape index (κ2) is 5.82. The quantitative estimate of drug-likeness (QED) is 0.769. The number of carbonyl (C=O) groups excluding carboxylic acids is 1. The van der Waals surface area contributed by atoms with Crippen LogP contribution >= 0.6 is 11.3 Å². The predicted molar refractivity (Wildman–Crippen MR) is 101 cm³/mol. The van der Waals surface area contributed by atoms with Gasteiger partial charge in [0, 0.05) is 36.9 Å². The van der Waals surface area contributed by atoms with E-state index in [0.29, 0.717) is 17.7 Å². The first-order chi connectivity index (χ1) is 12.6. The van der Waals surface area contributed by atoms with Gasteiger partial charge in [0.05, 0.1) is 24.3 Å². The van der Waals surface area contributed by atoms with E-state index < -0.39 is 0 Å². The summed E-state index contributed by atoms with van der Waals surface area (Å²) >= 11 is 1.53. The molecule has 134 valence electrons. The fraction of sp³-hybridized carbons (Fsp3) is 0.368. The summed E-state index contributed by atoms with van der Waals surface area (Å²) in [7, 11) is 0. The third-order valence-electron chi connectivity index (χ3n) is 5.28. The molecule has 7 heteroatoms. The van der Waals surface area contributed by atoms with E-state index in [2.05, 4.69) is 39.5 Å². The Labute approximate surface area is 155 Å². The number of benzene rings is 1. The Morgan fingerprint density at radius 3 is 2.77 bits per heavy atom. The van der Waals surface area contributed by atoms with Crippen molar-refractivity contribution in [3.05, 3.63) is 52.8 Å². The highest BCUT2D eigenvalue weighted by Gasteiger charge is 2.48. The minimum absolute atomic E-state index is 0.0906. The highest BCUT2D eigenvalue weighted by Crippen LogP contribution is 2.40. The zero-order chi connectivity index (χ0) is 17.7. The van der Waals surface area contributed by atoms with Crippen LogP contribution in [0.3, 0.4) is 0 Å². The molecular formula is C19H20N4O2S. The van der Waals surface area contributed by atoms with E-state index in [1.807, 2.05) is 22.9 Å². The highest BCUT2D eigenvalue weighted by molar-refractivity contribution is 7.15. The normalized spacial score (nSPS) is 18.0. The van der Waals surface area contributed by atoms with Crippen molar-refractivity contribution in [1.82, 2.24) is 14.7 Å². The maximum atomic E-state index is 12.6. The fourth-order valence-corrected chi connectivity index (χ4v) is 4.54. The number of amides is 1. The number of nitrogens with one attached hydrogen (secondary N) is 1. The average Bonchev–Trinajstić information content (AvgIpc) is 3.11. The number of hydrogen-bond acceptors (Lipinski definition) is 5. The number of nitrogens with zero attached hydrogens (tertiary/aromatic N) is 3. The minimum atomic E-state index is -0.0906. The van der Waals surface area contributed by atoms with Gasteiger partial charge in [-0.1, -0.05) is 12.1 Å². The summed E-state index contributed by atoms with van der Waals surface area (Å²) in [6, 6.07) is 8.44. The van der Waals surface area contributed by atoms with Gasteiger partial charge < -0.3 is 15.0 Å². The third-order valence-corrected chi connectivity index (χ3v) is 6.03. The number of rotatable bonds is 4. The molecule has 2 saturated heterocycles. The van der Waals surface area contributed by atoms with Crippen LogP contribution in [0.1, 0.15) is 21.7 Å². The van der Waals surface area contributed by atoms with Gasteiger partial charge in [0.25, 0.3) is 5.91 Å². The Bertz CT molecular complexity index is 963. The van der Waals surface area contributed by atoms with Crippen molar-refractivity contribution in [2.45, 2.75) is 13.5 Å². The van der Waals surface area contributed by atoms with Gasteiger partial charge in [-0.15, -0.1) is 11.3 Å². The van der Waals surface area contributed by atoms with Gasteiger partial charge in [0.1, 0.15) is 5.69 Å². The number of anilines is 1. The molecule has 1 N–H and O–H groups in total. The van der Waals surface area contributed by atoms with Gasteiger partial charge in [-0.2, -0.15) is 0 Å². The highest BCUT2D eigenvalue weighted by atomic mass is 32.1. The van der Waals surface area contributed by atoms with E-state index in [9.17, 15) is 4.79 Å². The Kier molecular flexibility index (Phi) is 3.55. The van der Waals surface area contributed by atoms with Crippen LogP contribution in [0.5, 0.6) is 0 Å². The largest absolute Gasteiger partial charge is 0.380 e. The molecule has 0 bridgehead atoms. The second-order valence-electron chi connectivity index (χ2n) is 7.30.